The lowest BCUT2D eigenvalue weighted by molar-refractivity contribution is -0.135. The summed E-state index contributed by atoms with van der Waals surface area (Å²) in [7, 11) is 0. The first-order chi connectivity index (χ1) is 11.5. The van der Waals surface area contributed by atoms with Gasteiger partial charge in [0.05, 0.1) is 11.1 Å². The minimum Gasteiger partial charge on any atom is -0.359 e. The van der Waals surface area contributed by atoms with Crippen molar-refractivity contribution in [1.29, 1.82) is 0 Å². The fourth-order valence-corrected chi connectivity index (χ4v) is 3.40. The van der Waals surface area contributed by atoms with E-state index in [1.54, 1.807) is 13.1 Å². The van der Waals surface area contributed by atoms with Crippen LogP contribution in [0.25, 0.3) is 21.7 Å². The molecule has 0 unspecified atom stereocenters. The number of fused-ring (bicyclic) bond motifs is 1. The number of anilines is 1. The number of thiophene rings is 1. The fraction of sp³-hybridized carbons (Fsp3) is 0.125. The molecule has 3 aromatic heterocycles. The second-order valence-corrected chi connectivity index (χ2v) is 6.71. The number of hydrogen-bond acceptors (Lipinski definition) is 6. The van der Waals surface area contributed by atoms with Crippen LogP contribution in [-0.2, 0) is 9.59 Å². The van der Waals surface area contributed by atoms with E-state index in [4.69, 9.17) is 0 Å². The van der Waals surface area contributed by atoms with Gasteiger partial charge in [-0.15, -0.1) is 11.3 Å². The third-order valence-electron chi connectivity index (χ3n) is 3.67. The largest absolute Gasteiger partial charge is 0.359 e. The summed E-state index contributed by atoms with van der Waals surface area (Å²) in [6.45, 7) is 3.58. The number of nitrogens with one attached hydrogen (secondary N) is 2. The highest BCUT2D eigenvalue weighted by molar-refractivity contribution is 7.18. The Kier molecular flexibility index (Phi) is 3.20. The molecule has 0 fully saturated rings. The molecule has 0 spiro atoms. The zero-order chi connectivity index (χ0) is 16.8. The molecule has 0 atom stereocenters. The molecule has 24 heavy (non-hydrogen) atoms. The average molecular weight is 339 g/mol. The van der Waals surface area contributed by atoms with E-state index in [2.05, 4.69) is 20.4 Å². The number of amides is 2. The third-order valence-corrected chi connectivity index (χ3v) is 4.62. The number of aryl methyl sites for hydroxylation is 1. The predicted molar refractivity (Wildman–Crippen MR) is 91.2 cm³/mol. The molecule has 0 saturated carbocycles. The summed E-state index contributed by atoms with van der Waals surface area (Å²) < 4.78 is 0. The lowest BCUT2D eigenvalue weighted by Gasteiger charge is -2.17. The van der Waals surface area contributed by atoms with Gasteiger partial charge in [0.2, 0.25) is 0 Å². The Bertz CT molecular complexity index is 1000. The number of H-pyrrole nitrogens is 1. The standard InChI is InChI=1S/C16H13N5O2S/c1-8-6-12(22)21(16(8)23)20-13-10-7-9(2)24-15(10)19-14(18-13)11-4-3-5-17-11/h3-7,17H,1-2H3,(H,18,19,20). The maximum atomic E-state index is 12.1. The van der Waals surface area contributed by atoms with Gasteiger partial charge in [0, 0.05) is 22.7 Å². The SMILES string of the molecule is CC1=CC(=O)N(Nc2nc(-c3ccc[nH]3)nc3sc(C)cc23)C1=O. The fourth-order valence-electron chi connectivity index (χ4n) is 2.52. The molecule has 4 heterocycles. The van der Waals surface area contributed by atoms with Crippen molar-refractivity contribution in [2.75, 3.05) is 5.43 Å². The molecular formula is C16H13N5O2S. The molecular weight excluding hydrogens is 326 g/mol. The first-order valence-electron chi connectivity index (χ1n) is 7.28. The van der Waals surface area contributed by atoms with Gasteiger partial charge in [0.15, 0.2) is 11.6 Å². The second-order valence-electron chi connectivity index (χ2n) is 5.47. The lowest BCUT2D eigenvalue weighted by Crippen LogP contribution is -2.36. The Morgan fingerprint density at radius 2 is 2.08 bits per heavy atom. The molecule has 7 nitrogen and oxygen atoms in total. The number of imide groups is 1. The molecule has 4 rings (SSSR count). The van der Waals surface area contributed by atoms with Crippen molar-refractivity contribution >= 4 is 39.2 Å². The molecule has 120 valence electrons. The Hall–Kier alpha value is -3.00. The average Bonchev–Trinajstić information content (AvgIpc) is 3.23. The molecule has 0 saturated heterocycles. The van der Waals surface area contributed by atoms with Crippen molar-refractivity contribution in [1.82, 2.24) is 20.0 Å². The van der Waals surface area contributed by atoms with E-state index in [0.717, 1.165) is 25.8 Å². The number of rotatable bonds is 3. The van der Waals surface area contributed by atoms with Gasteiger partial charge >= 0.3 is 0 Å². The smallest absolute Gasteiger partial charge is 0.275 e. The number of hydrogen-bond donors (Lipinski definition) is 2. The van der Waals surface area contributed by atoms with E-state index in [-0.39, 0.29) is 5.91 Å². The minimum absolute atomic E-state index is 0.375. The van der Waals surface area contributed by atoms with Crippen LogP contribution in [0.5, 0.6) is 0 Å². The summed E-state index contributed by atoms with van der Waals surface area (Å²) in [6, 6.07) is 5.66. The Balaban J connectivity index is 1.82. The zero-order valence-electron chi connectivity index (χ0n) is 13.0. The van der Waals surface area contributed by atoms with Crippen molar-refractivity contribution in [3.05, 3.63) is 40.9 Å². The summed E-state index contributed by atoms with van der Waals surface area (Å²) in [4.78, 5) is 38.1. The van der Waals surface area contributed by atoms with Crippen LogP contribution < -0.4 is 5.43 Å². The van der Waals surface area contributed by atoms with Gasteiger partial charge in [-0.3, -0.25) is 15.0 Å². The van der Waals surface area contributed by atoms with Crippen molar-refractivity contribution < 1.29 is 9.59 Å². The topological polar surface area (TPSA) is 91.0 Å². The minimum atomic E-state index is -0.405. The highest BCUT2D eigenvalue weighted by Gasteiger charge is 2.29. The van der Waals surface area contributed by atoms with Crippen LogP contribution in [0.1, 0.15) is 11.8 Å². The van der Waals surface area contributed by atoms with Crippen LogP contribution in [0.2, 0.25) is 0 Å². The quantitative estimate of drug-likeness (QED) is 0.716. The van der Waals surface area contributed by atoms with E-state index in [1.807, 2.05) is 25.1 Å². The summed E-state index contributed by atoms with van der Waals surface area (Å²) in [5, 5.41) is 1.75. The highest BCUT2D eigenvalue weighted by atomic mass is 32.1. The van der Waals surface area contributed by atoms with Crippen molar-refractivity contribution in [3.8, 4) is 11.5 Å². The third kappa shape index (κ3) is 2.28. The molecule has 0 aromatic carbocycles. The van der Waals surface area contributed by atoms with E-state index >= 15 is 0 Å². The van der Waals surface area contributed by atoms with Gasteiger partial charge in [0.25, 0.3) is 11.8 Å². The van der Waals surface area contributed by atoms with Gasteiger partial charge in [0.1, 0.15) is 4.83 Å². The van der Waals surface area contributed by atoms with E-state index in [9.17, 15) is 9.59 Å². The van der Waals surface area contributed by atoms with E-state index < -0.39 is 5.91 Å². The van der Waals surface area contributed by atoms with Crippen molar-refractivity contribution in [2.24, 2.45) is 0 Å². The first kappa shape index (κ1) is 14.6. The van der Waals surface area contributed by atoms with Gasteiger partial charge in [-0.25, -0.2) is 9.97 Å². The molecule has 1 aliphatic heterocycles. The summed E-state index contributed by atoms with van der Waals surface area (Å²) in [6.07, 6.45) is 3.09. The number of hydrazine groups is 1. The van der Waals surface area contributed by atoms with Crippen LogP contribution in [-0.4, -0.2) is 31.8 Å². The van der Waals surface area contributed by atoms with Crippen LogP contribution in [0.15, 0.2) is 36.0 Å². The van der Waals surface area contributed by atoms with Crippen LogP contribution in [0.3, 0.4) is 0 Å². The monoisotopic (exact) mass is 339 g/mol. The van der Waals surface area contributed by atoms with E-state index in [0.29, 0.717) is 17.2 Å². The Morgan fingerprint density at radius 3 is 2.75 bits per heavy atom. The highest BCUT2D eigenvalue weighted by Crippen LogP contribution is 2.31. The lowest BCUT2D eigenvalue weighted by atomic mass is 10.3. The Morgan fingerprint density at radius 1 is 1.25 bits per heavy atom. The summed E-state index contributed by atoms with van der Waals surface area (Å²) in [5.74, 6) is 0.150. The molecule has 3 aromatic rings. The number of aromatic amines is 1. The normalized spacial score (nSPS) is 14.6. The number of aromatic nitrogens is 3. The van der Waals surface area contributed by atoms with Crippen molar-refractivity contribution in [2.45, 2.75) is 13.8 Å². The van der Waals surface area contributed by atoms with E-state index in [1.165, 1.54) is 17.4 Å². The van der Waals surface area contributed by atoms with Gasteiger partial charge in [-0.05, 0) is 32.0 Å². The molecule has 0 radical (unpaired) electrons. The molecule has 0 bridgehead atoms. The zero-order valence-corrected chi connectivity index (χ0v) is 13.8. The Labute approximate surface area is 141 Å². The van der Waals surface area contributed by atoms with Gasteiger partial charge in [-0.2, -0.15) is 5.01 Å². The van der Waals surface area contributed by atoms with Crippen LogP contribution >= 0.6 is 11.3 Å². The molecule has 1 aliphatic rings. The molecule has 2 amide bonds. The second kappa shape index (κ2) is 5.27. The predicted octanol–water partition coefficient (Wildman–Crippen LogP) is 2.64. The summed E-state index contributed by atoms with van der Waals surface area (Å²) in [5.41, 5.74) is 4.01. The maximum Gasteiger partial charge on any atom is 0.275 e. The molecule has 0 aliphatic carbocycles. The number of carbonyl (C=O) groups excluding carboxylic acids is 2. The molecule has 8 heteroatoms. The van der Waals surface area contributed by atoms with Crippen molar-refractivity contribution in [3.63, 3.8) is 0 Å². The number of carbonyl (C=O) groups is 2. The van der Waals surface area contributed by atoms with Crippen LogP contribution in [0.4, 0.5) is 5.82 Å². The van der Waals surface area contributed by atoms with Gasteiger partial charge < -0.3 is 4.98 Å². The summed E-state index contributed by atoms with van der Waals surface area (Å²) >= 11 is 1.53. The first-order valence-corrected chi connectivity index (χ1v) is 8.10. The number of nitrogens with zero attached hydrogens (tertiary/aromatic N) is 3. The van der Waals surface area contributed by atoms with Gasteiger partial charge in [-0.1, -0.05) is 0 Å². The molecule has 2 N–H and O–H groups in total. The maximum absolute atomic E-state index is 12.1. The van der Waals surface area contributed by atoms with Crippen LogP contribution in [0, 0.1) is 6.92 Å².